The van der Waals surface area contributed by atoms with Crippen molar-refractivity contribution in [2.75, 3.05) is 19.5 Å². The molecule has 0 aliphatic heterocycles. The molecule has 2 aromatic heterocycles. The van der Waals surface area contributed by atoms with Crippen molar-refractivity contribution in [3.05, 3.63) is 28.9 Å². The van der Waals surface area contributed by atoms with E-state index >= 15 is 0 Å². The number of ether oxygens (including phenoxy) is 1. The lowest BCUT2D eigenvalue weighted by Crippen LogP contribution is -2.24. The molecular weight excluding hydrogens is 356 g/mol. The summed E-state index contributed by atoms with van der Waals surface area (Å²) in [6.07, 6.45) is 0. The van der Waals surface area contributed by atoms with E-state index in [-0.39, 0.29) is 11.4 Å². The summed E-state index contributed by atoms with van der Waals surface area (Å²) < 4.78 is 6.85. The maximum atomic E-state index is 11.6. The Kier molecular flexibility index (Phi) is 4.53. The van der Waals surface area contributed by atoms with E-state index in [9.17, 15) is 4.79 Å². The van der Waals surface area contributed by atoms with Gasteiger partial charge in [-0.05, 0) is 18.2 Å². The number of fused-ring (bicyclic) bond motifs is 1. The van der Waals surface area contributed by atoms with Crippen LogP contribution in [0.1, 0.15) is 26.5 Å². The fraction of sp³-hybridized carbons (Fsp3) is 0.353. The molecule has 3 N–H and O–H groups in total. The fourth-order valence-electron chi connectivity index (χ4n) is 2.55. The molecule has 0 aliphatic rings. The van der Waals surface area contributed by atoms with E-state index in [2.05, 4.69) is 46.6 Å². The monoisotopic (exact) mass is 376 g/mol. The summed E-state index contributed by atoms with van der Waals surface area (Å²) in [7, 11) is 3.08. The van der Waals surface area contributed by atoms with Crippen molar-refractivity contribution < 1.29 is 9.53 Å². The highest BCUT2D eigenvalue weighted by Gasteiger charge is 2.24. The average molecular weight is 377 g/mol. The van der Waals surface area contributed by atoms with E-state index in [0.717, 1.165) is 11.3 Å². The first kappa shape index (κ1) is 18.1. The number of anilines is 1. The maximum absolute atomic E-state index is 11.6. The third-order valence-electron chi connectivity index (χ3n) is 3.92. The van der Waals surface area contributed by atoms with Gasteiger partial charge in [-0.25, -0.2) is 9.78 Å². The van der Waals surface area contributed by atoms with Crippen molar-refractivity contribution in [1.29, 1.82) is 0 Å². The van der Waals surface area contributed by atoms with E-state index in [0.29, 0.717) is 27.9 Å². The van der Waals surface area contributed by atoms with Crippen LogP contribution in [-0.2, 0) is 5.41 Å². The van der Waals surface area contributed by atoms with E-state index in [1.807, 2.05) is 6.07 Å². The van der Waals surface area contributed by atoms with Gasteiger partial charge in [0, 0.05) is 18.0 Å². The SMILES string of the molecule is CNC(=O)Nc1cc(-c2nc3c(Cl)c(C(C)(C)C)[nH]n3n2)ccc1OC. The first-order chi connectivity index (χ1) is 12.2. The van der Waals surface area contributed by atoms with Gasteiger partial charge in [-0.3, -0.25) is 5.10 Å². The summed E-state index contributed by atoms with van der Waals surface area (Å²) in [5.41, 5.74) is 2.53. The molecule has 0 saturated heterocycles. The molecule has 0 radical (unpaired) electrons. The molecule has 3 rings (SSSR count). The van der Waals surface area contributed by atoms with Crippen LogP contribution in [0.3, 0.4) is 0 Å². The predicted octanol–water partition coefficient (Wildman–Crippen LogP) is 3.44. The summed E-state index contributed by atoms with van der Waals surface area (Å²) in [4.78, 5) is 16.2. The van der Waals surface area contributed by atoms with E-state index < -0.39 is 0 Å². The average Bonchev–Trinajstić information content (AvgIpc) is 3.14. The number of halogens is 1. The van der Waals surface area contributed by atoms with Crippen molar-refractivity contribution in [3.63, 3.8) is 0 Å². The van der Waals surface area contributed by atoms with Crippen molar-refractivity contribution in [2.24, 2.45) is 0 Å². The number of H-pyrrole nitrogens is 1. The summed E-state index contributed by atoms with van der Waals surface area (Å²) in [6.45, 7) is 6.18. The maximum Gasteiger partial charge on any atom is 0.319 e. The minimum atomic E-state index is -0.344. The molecule has 0 bridgehead atoms. The molecule has 2 heterocycles. The second kappa shape index (κ2) is 6.53. The summed E-state index contributed by atoms with van der Waals surface area (Å²) in [5, 5.41) is 13.4. The standard InChI is InChI=1S/C17H21ClN6O2/c1-17(2,3)13-12(18)15-21-14(23-24(15)22-13)9-6-7-11(26-5)10(8-9)20-16(25)19-4/h6-8,22H,1-5H3,(H2,19,20,25). The molecule has 0 aliphatic carbocycles. The zero-order chi connectivity index (χ0) is 19.1. The van der Waals surface area contributed by atoms with Crippen LogP contribution in [0.15, 0.2) is 18.2 Å². The molecule has 8 nitrogen and oxygen atoms in total. The number of urea groups is 1. The summed E-state index contributed by atoms with van der Waals surface area (Å²) >= 11 is 6.47. The largest absolute Gasteiger partial charge is 0.495 e. The van der Waals surface area contributed by atoms with Crippen LogP contribution in [0, 0.1) is 0 Å². The third-order valence-corrected chi connectivity index (χ3v) is 4.28. The van der Waals surface area contributed by atoms with Gasteiger partial charge in [0.15, 0.2) is 11.5 Å². The van der Waals surface area contributed by atoms with Gasteiger partial charge in [0.25, 0.3) is 0 Å². The highest BCUT2D eigenvalue weighted by Crippen LogP contribution is 2.33. The van der Waals surface area contributed by atoms with Gasteiger partial charge in [0.1, 0.15) is 10.8 Å². The topological polar surface area (TPSA) is 96.3 Å². The van der Waals surface area contributed by atoms with Gasteiger partial charge >= 0.3 is 6.03 Å². The second-order valence-electron chi connectivity index (χ2n) is 6.84. The zero-order valence-corrected chi connectivity index (χ0v) is 16.0. The number of carbonyl (C=O) groups excluding carboxylic acids is 1. The van der Waals surface area contributed by atoms with Crippen molar-refractivity contribution >= 4 is 29.0 Å². The summed E-state index contributed by atoms with van der Waals surface area (Å²) in [5.74, 6) is 1.02. The second-order valence-corrected chi connectivity index (χ2v) is 7.22. The zero-order valence-electron chi connectivity index (χ0n) is 15.3. The Hall–Kier alpha value is -2.74. The number of hydrogen-bond donors (Lipinski definition) is 3. The van der Waals surface area contributed by atoms with Crippen LogP contribution in [0.4, 0.5) is 10.5 Å². The van der Waals surface area contributed by atoms with Crippen molar-refractivity contribution in [3.8, 4) is 17.1 Å². The van der Waals surface area contributed by atoms with Gasteiger partial charge < -0.3 is 15.4 Å². The number of aromatic nitrogens is 4. The molecule has 3 aromatic rings. The minimum Gasteiger partial charge on any atom is -0.495 e. The highest BCUT2D eigenvalue weighted by molar-refractivity contribution is 6.34. The molecule has 1 aromatic carbocycles. The number of methoxy groups -OCH3 is 1. The lowest BCUT2D eigenvalue weighted by atomic mass is 9.92. The molecule has 0 spiro atoms. The fourth-order valence-corrected chi connectivity index (χ4v) is 3.00. The van der Waals surface area contributed by atoms with Gasteiger partial charge in [-0.15, -0.1) is 5.10 Å². The molecular formula is C17H21ClN6O2. The van der Waals surface area contributed by atoms with Crippen LogP contribution in [-0.4, -0.2) is 40.0 Å². The van der Waals surface area contributed by atoms with Crippen LogP contribution < -0.4 is 15.4 Å². The third kappa shape index (κ3) is 3.20. The number of benzene rings is 1. The molecule has 2 amide bonds. The number of nitrogens with zero attached hydrogens (tertiary/aromatic N) is 3. The number of rotatable bonds is 3. The van der Waals surface area contributed by atoms with Crippen LogP contribution >= 0.6 is 11.6 Å². The van der Waals surface area contributed by atoms with E-state index in [1.54, 1.807) is 23.8 Å². The van der Waals surface area contributed by atoms with E-state index in [4.69, 9.17) is 16.3 Å². The Morgan fingerprint density at radius 1 is 1.35 bits per heavy atom. The molecule has 138 valence electrons. The molecule has 26 heavy (non-hydrogen) atoms. The predicted molar refractivity (Wildman–Crippen MR) is 101 cm³/mol. The first-order valence-electron chi connectivity index (χ1n) is 8.06. The van der Waals surface area contributed by atoms with Crippen LogP contribution in [0.5, 0.6) is 5.75 Å². The molecule has 0 atom stereocenters. The number of aromatic amines is 1. The van der Waals surface area contributed by atoms with Gasteiger partial charge in [-0.2, -0.15) is 4.63 Å². The van der Waals surface area contributed by atoms with Crippen LogP contribution in [0.25, 0.3) is 17.0 Å². The van der Waals surface area contributed by atoms with Gasteiger partial charge in [-0.1, -0.05) is 32.4 Å². The molecule has 0 unspecified atom stereocenters. The normalized spacial score (nSPS) is 11.6. The Labute approximate surface area is 155 Å². The van der Waals surface area contributed by atoms with Crippen molar-refractivity contribution in [2.45, 2.75) is 26.2 Å². The molecule has 0 fully saturated rings. The number of hydrogen-bond acceptors (Lipinski definition) is 4. The number of nitrogens with one attached hydrogen (secondary N) is 3. The Morgan fingerprint density at radius 3 is 2.65 bits per heavy atom. The minimum absolute atomic E-state index is 0.148. The van der Waals surface area contributed by atoms with Gasteiger partial charge in [0.05, 0.1) is 18.5 Å². The first-order valence-corrected chi connectivity index (χ1v) is 8.44. The van der Waals surface area contributed by atoms with Gasteiger partial charge in [0.2, 0.25) is 0 Å². The van der Waals surface area contributed by atoms with Crippen molar-refractivity contribution in [1.82, 2.24) is 25.1 Å². The van der Waals surface area contributed by atoms with E-state index in [1.165, 1.54) is 7.11 Å². The molecule has 0 saturated carbocycles. The lowest BCUT2D eigenvalue weighted by molar-refractivity contribution is 0.254. The lowest BCUT2D eigenvalue weighted by Gasteiger charge is -2.16. The number of amides is 2. The smallest absolute Gasteiger partial charge is 0.319 e. The van der Waals surface area contributed by atoms with Crippen LogP contribution in [0.2, 0.25) is 5.02 Å². The Morgan fingerprint density at radius 2 is 2.08 bits per heavy atom. The quantitative estimate of drug-likeness (QED) is 0.652. The Bertz CT molecular complexity index is 970. The number of carbonyl (C=O) groups is 1. The molecule has 9 heteroatoms. The highest BCUT2D eigenvalue weighted by atomic mass is 35.5. The summed E-state index contributed by atoms with van der Waals surface area (Å²) in [6, 6.07) is 4.98. The Balaban J connectivity index is 2.03.